The van der Waals surface area contributed by atoms with Crippen molar-refractivity contribution in [2.75, 3.05) is 7.05 Å². The summed E-state index contributed by atoms with van der Waals surface area (Å²) in [6, 6.07) is 7.97. The molecule has 0 saturated carbocycles. The summed E-state index contributed by atoms with van der Waals surface area (Å²) in [6.45, 7) is 0.737. The van der Waals surface area contributed by atoms with Crippen LogP contribution in [-0.4, -0.2) is 18.9 Å². The summed E-state index contributed by atoms with van der Waals surface area (Å²) < 4.78 is 38.4. The monoisotopic (exact) mass is 336 g/mol. The highest BCUT2D eigenvalue weighted by atomic mass is 32.2. The molecule has 0 fully saturated rings. The minimum absolute atomic E-state index is 0.159. The van der Waals surface area contributed by atoms with Crippen molar-refractivity contribution >= 4 is 17.5 Å². The van der Waals surface area contributed by atoms with Crippen molar-refractivity contribution in [2.45, 2.75) is 24.0 Å². The number of allylic oxidation sites excluding steroid dienone is 4. The molecule has 1 aliphatic carbocycles. The molecular weight excluding hydrogens is 321 g/mol. The third-order valence-electron chi connectivity index (χ3n) is 3.65. The van der Waals surface area contributed by atoms with E-state index in [2.05, 4.69) is 10.3 Å². The number of rotatable bonds is 4. The average Bonchev–Trinajstić information content (AvgIpc) is 2.91. The average molecular weight is 336 g/mol. The van der Waals surface area contributed by atoms with Crippen LogP contribution in [0.3, 0.4) is 0 Å². The summed E-state index contributed by atoms with van der Waals surface area (Å²) >= 11 is 1.54. The second-order valence-electron chi connectivity index (χ2n) is 5.26. The van der Waals surface area contributed by atoms with Gasteiger partial charge in [0.2, 0.25) is 0 Å². The number of halogens is 3. The van der Waals surface area contributed by atoms with Crippen LogP contribution in [0.15, 0.2) is 68.6 Å². The van der Waals surface area contributed by atoms with Gasteiger partial charge >= 0.3 is 6.18 Å². The van der Waals surface area contributed by atoms with Gasteiger partial charge in [0.15, 0.2) is 0 Å². The lowest BCUT2D eigenvalue weighted by Crippen LogP contribution is -2.18. The zero-order valence-corrected chi connectivity index (χ0v) is 13.3. The number of alkyl halides is 3. The fourth-order valence-corrected chi connectivity index (χ4v) is 3.55. The predicted molar refractivity (Wildman–Crippen MR) is 87.4 cm³/mol. The van der Waals surface area contributed by atoms with Crippen LogP contribution in [0.25, 0.3) is 0 Å². The fourth-order valence-electron chi connectivity index (χ4n) is 2.49. The van der Waals surface area contributed by atoms with Gasteiger partial charge in [-0.2, -0.15) is 13.2 Å². The summed E-state index contributed by atoms with van der Waals surface area (Å²) in [5.41, 5.74) is 1.89. The Morgan fingerprint density at radius 2 is 2.00 bits per heavy atom. The lowest BCUT2D eigenvalue weighted by molar-refractivity contribution is -0.0925. The maximum atomic E-state index is 12.8. The Morgan fingerprint density at radius 3 is 2.74 bits per heavy atom. The molecule has 2 nitrogen and oxygen atoms in total. The van der Waals surface area contributed by atoms with Crippen LogP contribution in [0.2, 0.25) is 0 Å². The molecule has 3 rings (SSSR count). The zero-order valence-electron chi connectivity index (χ0n) is 12.4. The quantitative estimate of drug-likeness (QED) is 0.868. The largest absolute Gasteiger partial charge is 0.413 e. The van der Waals surface area contributed by atoms with Crippen molar-refractivity contribution in [1.82, 2.24) is 5.32 Å². The van der Waals surface area contributed by atoms with Crippen molar-refractivity contribution < 1.29 is 13.2 Å². The summed E-state index contributed by atoms with van der Waals surface area (Å²) in [5, 5.41) is 3.12. The molecule has 1 N–H and O–H groups in total. The molecule has 0 aromatic heterocycles. The van der Waals surface area contributed by atoms with Crippen LogP contribution in [0.1, 0.15) is 12.0 Å². The molecule has 0 unspecified atom stereocenters. The number of benzene rings is 1. The molecule has 6 heteroatoms. The van der Waals surface area contributed by atoms with Crippen molar-refractivity contribution in [3.63, 3.8) is 0 Å². The Morgan fingerprint density at radius 1 is 1.22 bits per heavy atom. The Labute approximate surface area is 136 Å². The minimum atomic E-state index is -4.29. The summed E-state index contributed by atoms with van der Waals surface area (Å²) in [7, 11) is 1.88. The standard InChI is InChI=1S/C17H15F3N2S/c1-21-9-11-4-2-3-5-15(11)23-16-10-22-14-8-12(17(18,19)20)6-7-13(14)16/h2-7,10,21H,8-9H2,1H3. The predicted octanol–water partition coefficient (Wildman–Crippen LogP) is 4.61. The Kier molecular flexibility index (Phi) is 4.46. The second-order valence-corrected chi connectivity index (χ2v) is 6.34. The third kappa shape index (κ3) is 3.43. The number of fused-ring (bicyclic) bond motifs is 1. The van der Waals surface area contributed by atoms with E-state index in [9.17, 15) is 13.2 Å². The van der Waals surface area contributed by atoms with Crippen molar-refractivity contribution in [3.8, 4) is 0 Å². The highest BCUT2D eigenvalue weighted by molar-refractivity contribution is 8.03. The molecule has 0 amide bonds. The lowest BCUT2D eigenvalue weighted by Gasteiger charge is -2.17. The molecule has 2 aliphatic rings. The maximum Gasteiger partial charge on any atom is 0.413 e. The van der Waals surface area contributed by atoms with Gasteiger partial charge in [-0.25, -0.2) is 0 Å². The van der Waals surface area contributed by atoms with Crippen LogP contribution in [0.5, 0.6) is 0 Å². The minimum Gasteiger partial charge on any atom is -0.316 e. The Hall–Kier alpha value is -1.79. The molecule has 1 heterocycles. The number of aliphatic imine (C=N–C) groups is 1. The van der Waals surface area contributed by atoms with E-state index in [1.54, 1.807) is 6.20 Å². The first kappa shape index (κ1) is 16.1. The number of nitrogens with zero attached hydrogens (tertiary/aromatic N) is 1. The molecule has 0 bridgehead atoms. The zero-order chi connectivity index (χ0) is 16.4. The lowest BCUT2D eigenvalue weighted by atomic mass is 9.97. The van der Waals surface area contributed by atoms with E-state index in [1.165, 1.54) is 17.8 Å². The normalized spacial score (nSPS) is 17.2. The molecule has 1 aromatic carbocycles. The summed E-state index contributed by atoms with van der Waals surface area (Å²) in [6.07, 6.45) is -0.103. The topological polar surface area (TPSA) is 24.4 Å². The van der Waals surface area contributed by atoms with E-state index in [0.717, 1.165) is 33.6 Å². The van der Waals surface area contributed by atoms with Gasteiger partial charge in [-0.1, -0.05) is 42.1 Å². The third-order valence-corrected chi connectivity index (χ3v) is 4.81. The number of hydrogen-bond acceptors (Lipinski definition) is 3. The van der Waals surface area contributed by atoms with E-state index in [0.29, 0.717) is 5.71 Å². The highest BCUT2D eigenvalue weighted by Crippen LogP contribution is 2.41. The van der Waals surface area contributed by atoms with Crippen LogP contribution in [0.4, 0.5) is 13.2 Å². The van der Waals surface area contributed by atoms with Crippen LogP contribution >= 0.6 is 11.8 Å². The van der Waals surface area contributed by atoms with E-state index in [4.69, 9.17) is 0 Å². The molecule has 0 atom stereocenters. The molecule has 1 aliphatic heterocycles. The van der Waals surface area contributed by atoms with E-state index in [1.807, 2.05) is 31.3 Å². The van der Waals surface area contributed by atoms with Crippen LogP contribution in [-0.2, 0) is 6.54 Å². The SMILES string of the molecule is CNCc1ccccc1SC1=CN=C2CC(C(F)(F)F)=CC=C12. The van der Waals surface area contributed by atoms with Crippen molar-refractivity contribution in [1.29, 1.82) is 0 Å². The van der Waals surface area contributed by atoms with Gasteiger partial charge in [-0.15, -0.1) is 0 Å². The molecule has 0 radical (unpaired) electrons. The van der Waals surface area contributed by atoms with Gasteiger partial charge in [-0.05, 0) is 18.7 Å². The van der Waals surface area contributed by atoms with Crippen LogP contribution in [0, 0.1) is 0 Å². The molecule has 0 spiro atoms. The first-order valence-corrected chi connectivity index (χ1v) is 7.96. The number of hydrogen-bond donors (Lipinski definition) is 1. The van der Waals surface area contributed by atoms with Gasteiger partial charge < -0.3 is 5.32 Å². The number of thioether (sulfide) groups is 1. The first-order valence-electron chi connectivity index (χ1n) is 7.15. The first-order chi connectivity index (χ1) is 11.0. The van der Waals surface area contributed by atoms with Gasteiger partial charge in [-0.3, -0.25) is 4.99 Å². The van der Waals surface area contributed by atoms with Gasteiger partial charge in [0.25, 0.3) is 0 Å². The summed E-state index contributed by atoms with van der Waals surface area (Å²) in [4.78, 5) is 6.15. The Balaban J connectivity index is 1.82. The van der Waals surface area contributed by atoms with Crippen molar-refractivity contribution in [2.24, 2.45) is 4.99 Å². The maximum absolute atomic E-state index is 12.8. The van der Waals surface area contributed by atoms with E-state index in [-0.39, 0.29) is 6.42 Å². The van der Waals surface area contributed by atoms with Crippen molar-refractivity contribution in [3.05, 3.63) is 64.2 Å². The van der Waals surface area contributed by atoms with Gasteiger partial charge in [0.1, 0.15) is 0 Å². The molecule has 1 aromatic rings. The van der Waals surface area contributed by atoms with Gasteiger partial charge in [0, 0.05) is 40.1 Å². The van der Waals surface area contributed by atoms with Crippen LogP contribution < -0.4 is 5.32 Å². The van der Waals surface area contributed by atoms with E-state index >= 15 is 0 Å². The number of nitrogens with one attached hydrogen (secondary N) is 1. The second kappa shape index (κ2) is 6.37. The van der Waals surface area contributed by atoms with E-state index < -0.39 is 11.7 Å². The smallest absolute Gasteiger partial charge is 0.316 e. The molecule has 120 valence electrons. The Bertz CT molecular complexity index is 742. The summed E-state index contributed by atoms with van der Waals surface area (Å²) in [5.74, 6) is 0. The fraction of sp³-hybridized carbons (Fsp3) is 0.235. The highest BCUT2D eigenvalue weighted by Gasteiger charge is 2.36. The molecule has 23 heavy (non-hydrogen) atoms. The van der Waals surface area contributed by atoms with Gasteiger partial charge in [0.05, 0.1) is 5.71 Å². The molecular formula is C17H15F3N2S. The molecule has 0 saturated heterocycles.